The van der Waals surface area contributed by atoms with E-state index in [0.717, 1.165) is 11.3 Å². The number of thioether (sulfide) groups is 1. The van der Waals surface area contributed by atoms with E-state index in [2.05, 4.69) is 0 Å². The van der Waals surface area contributed by atoms with Crippen LogP contribution < -0.4 is 4.74 Å². The van der Waals surface area contributed by atoms with Crippen molar-refractivity contribution in [3.8, 4) is 11.5 Å². The van der Waals surface area contributed by atoms with Crippen LogP contribution in [-0.4, -0.2) is 44.8 Å². The second-order valence-electron chi connectivity index (χ2n) is 5.16. The Morgan fingerprint density at radius 2 is 2.23 bits per heavy atom. The summed E-state index contributed by atoms with van der Waals surface area (Å²) in [6.07, 6.45) is 0.625. The van der Waals surface area contributed by atoms with Crippen LogP contribution in [0.4, 0.5) is 0 Å². The molecule has 7 heteroatoms. The van der Waals surface area contributed by atoms with Crippen molar-refractivity contribution in [1.82, 2.24) is 4.90 Å². The predicted octanol–water partition coefficient (Wildman–Crippen LogP) is 2.60. The fraction of sp³-hybridized carbons (Fsp3) is 0.467. The maximum atomic E-state index is 12.0. The number of aromatic hydroxyl groups is 1. The molecular formula is C15H19NO4S2. The van der Waals surface area contributed by atoms with E-state index in [1.165, 1.54) is 18.9 Å². The molecule has 1 aliphatic heterocycles. The van der Waals surface area contributed by atoms with Gasteiger partial charge < -0.3 is 19.8 Å². The number of hydrogen-bond acceptors (Lipinski definition) is 5. The Kier molecular flexibility index (Phi) is 4.87. The maximum absolute atomic E-state index is 12.0. The van der Waals surface area contributed by atoms with Gasteiger partial charge in [0, 0.05) is 6.54 Å². The molecule has 0 saturated heterocycles. The fourth-order valence-corrected chi connectivity index (χ4v) is 4.05. The number of carbonyl (C=O) groups is 1. The molecule has 22 heavy (non-hydrogen) atoms. The largest absolute Gasteiger partial charge is 0.504 e. The number of fused-ring (bicyclic) bond motifs is 1. The monoisotopic (exact) mass is 341 g/mol. The van der Waals surface area contributed by atoms with Gasteiger partial charge >= 0.3 is 5.97 Å². The average Bonchev–Trinajstić information content (AvgIpc) is 2.47. The van der Waals surface area contributed by atoms with Crippen LogP contribution in [0.15, 0.2) is 12.1 Å². The molecule has 0 unspecified atom stereocenters. The van der Waals surface area contributed by atoms with Crippen molar-refractivity contribution >= 4 is 34.3 Å². The summed E-state index contributed by atoms with van der Waals surface area (Å²) in [7, 11) is 1.44. The summed E-state index contributed by atoms with van der Waals surface area (Å²) in [5.74, 6) is 0.104. The van der Waals surface area contributed by atoms with E-state index >= 15 is 0 Å². The molecule has 0 aliphatic carbocycles. The van der Waals surface area contributed by atoms with Crippen molar-refractivity contribution in [2.75, 3.05) is 19.4 Å². The van der Waals surface area contributed by atoms with Crippen molar-refractivity contribution in [1.29, 1.82) is 0 Å². The Bertz CT molecular complexity index is 620. The highest BCUT2D eigenvalue weighted by Crippen LogP contribution is 2.42. The Morgan fingerprint density at radius 1 is 1.55 bits per heavy atom. The lowest BCUT2D eigenvalue weighted by molar-refractivity contribution is -0.148. The molecule has 120 valence electrons. The number of ether oxygens (including phenoxy) is 1. The number of phenolic OH excluding ortho intramolecular Hbond substituents is 1. The zero-order valence-electron chi connectivity index (χ0n) is 12.8. The molecule has 1 aliphatic rings. The van der Waals surface area contributed by atoms with Crippen molar-refractivity contribution in [2.45, 2.75) is 25.8 Å². The summed E-state index contributed by atoms with van der Waals surface area (Å²) in [6, 6.07) is 3.19. The van der Waals surface area contributed by atoms with E-state index < -0.39 is 11.5 Å². The molecule has 2 N–H and O–H groups in total. The summed E-state index contributed by atoms with van der Waals surface area (Å²) < 4.78 is 5.70. The van der Waals surface area contributed by atoms with Gasteiger partial charge in [-0.25, -0.2) is 4.79 Å². The third kappa shape index (κ3) is 2.63. The van der Waals surface area contributed by atoms with Crippen LogP contribution in [0.2, 0.25) is 0 Å². The highest BCUT2D eigenvalue weighted by molar-refractivity contribution is 8.22. The predicted molar refractivity (Wildman–Crippen MR) is 90.8 cm³/mol. The van der Waals surface area contributed by atoms with Gasteiger partial charge in [0.15, 0.2) is 17.0 Å². The first-order chi connectivity index (χ1) is 10.4. The molecule has 5 nitrogen and oxygen atoms in total. The van der Waals surface area contributed by atoms with E-state index in [0.29, 0.717) is 22.8 Å². The van der Waals surface area contributed by atoms with Crippen LogP contribution >= 0.6 is 24.0 Å². The SMILES string of the molecule is CCSC(=S)N1CCc2cc(O)c(OC)cc2[C@@]1(C)C(=O)O. The number of carboxylic acid groups (broad SMARTS) is 1. The van der Waals surface area contributed by atoms with E-state index in [-0.39, 0.29) is 11.5 Å². The molecule has 1 aromatic carbocycles. The van der Waals surface area contributed by atoms with Gasteiger partial charge in [-0.3, -0.25) is 0 Å². The second-order valence-corrected chi connectivity index (χ2v) is 7.06. The Hall–Kier alpha value is -1.47. The van der Waals surface area contributed by atoms with Gasteiger partial charge in [0.1, 0.15) is 4.32 Å². The number of hydrogen-bond donors (Lipinski definition) is 2. The normalized spacial score (nSPS) is 20.4. The summed E-state index contributed by atoms with van der Waals surface area (Å²) in [4.78, 5) is 13.8. The molecule has 2 rings (SSSR count). The smallest absolute Gasteiger partial charge is 0.334 e. The molecule has 0 spiro atoms. The minimum absolute atomic E-state index is 0.0212. The first-order valence-corrected chi connectivity index (χ1v) is 8.33. The standard InChI is InChI=1S/C15H19NO4S2/c1-4-22-14(21)16-6-5-9-7-11(17)12(20-3)8-10(9)15(16,2)13(18)19/h7-8,17H,4-6H2,1-3H3,(H,18,19)/t15-/m0/s1. The lowest BCUT2D eigenvalue weighted by Crippen LogP contribution is -2.55. The molecule has 0 radical (unpaired) electrons. The van der Waals surface area contributed by atoms with E-state index in [1.807, 2.05) is 6.92 Å². The minimum atomic E-state index is -1.27. The number of nitrogens with zero attached hydrogens (tertiary/aromatic N) is 1. The van der Waals surface area contributed by atoms with Crippen LogP contribution in [0.3, 0.4) is 0 Å². The fourth-order valence-electron chi connectivity index (χ4n) is 2.74. The van der Waals surface area contributed by atoms with Gasteiger partial charge in [-0.05, 0) is 42.4 Å². The lowest BCUT2D eigenvalue weighted by atomic mass is 9.82. The third-order valence-corrected chi connectivity index (χ3v) is 5.31. The molecule has 0 bridgehead atoms. The molecule has 1 atom stereocenters. The minimum Gasteiger partial charge on any atom is -0.504 e. The molecule has 0 amide bonds. The van der Waals surface area contributed by atoms with Gasteiger partial charge in [0.2, 0.25) is 0 Å². The Labute approximate surface area is 139 Å². The lowest BCUT2D eigenvalue weighted by Gasteiger charge is -2.44. The number of methoxy groups -OCH3 is 1. The zero-order chi connectivity index (χ0) is 16.5. The van der Waals surface area contributed by atoms with Crippen molar-refractivity contribution in [3.05, 3.63) is 23.3 Å². The molecular weight excluding hydrogens is 322 g/mol. The highest BCUT2D eigenvalue weighted by atomic mass is 32.2. The zero-order valence-corrected chi connectivity index (χ0v) is 14.4. The number of rotatable bonds is 3. The second kappa shape index (κ2) is 6.34. The van der Waals surface area contributed by atoms with Crippen LogP contribution in [0.25, 0.3) is 0 Å². The molecule has 0 aromatic heterocycles. The van der Waals surface area contributed by atoms with Crippen molar-refractivity contribution in [3.63, 3.8) is 0 Å². The quantitative estimate of drug-likeness (QED) is 0.819. The van der Waals surface area contributed by atoms with Gasteiger partial charge in [0.25, 0.3) is 0 Å². The third-order valence-electron chi connectivity index (χ3n) is 3.98. The van der Waals surface area contributed by atoms with Gasteiger partial charge in [-0.1, -0.05) is 30.9 Å². The van der Waals surface area contributed by atoms with E-state index in [4.69, 9.17) is 17.0 Å². The summed E-state index contributed by atoms with van der Waals surface area (Å²) in [5, 5.41) is 19.8. The van der Waals surface area contributed by atoms with Crippen LogP contribution in [0.5, 0.6) is 11.5 Å². The summed E-state index contributed by atoms with van der Waals surface area (Å²) in [5.41, 5.74) is 0.150. The van der Waals surface area contributed by atoms with E-state index in [9.17, 15) is 15.0 Å². The van der Waals surface area contributed by atoms with Crippen LogP contribution in [0, 0.1) is 0 Å². The first kappa shape index (κ1) is 16.9. The number of thiocarbonyl (C=S) groups is 1. The number of phenols is 1. The topological polar surface area (TPSA) is 70.0 Å². The Balaban J connectivity index is 2.59. The first-order valence-electron chi connectivity index (χ1n) is 6.94. The molecule has 1 aromatic rings. The highest BCUT2D eigenvalue weighted by Gasteiger charge is 2.47. The maximum Gasteiger partial charge on any atom is 0.334 e. The Morgan fingerprint density at radius 3 is 2.77 bits per heavy atom. The van der Waals surface area contributed by atoms with E-state index in [1.54, 1.807) is 24.0 Å². The summed E-state index contributed by atoms with van der Waals surface area (Å²) in [6.45, 7) is 4.13. The number of aliphatic carboxylic acids is 1. The molecule has 0 saturated carbocycles. The number of carboxylic acids is 1. The molecule has 0 fully saturated rings. The van der Waals surface area contributed by atoms with Crippen LogP contribution in [0.1, 0.15) is 25.0 Å². The van der Waals surface area contributed by atoms with Crippen molar-refractivity contribution < 1.29 is 19.7 Å². The van der Waals surface area contributed by atoms with Gasteiger partial charge in [-0.15, -0.1) is 0 Å². The number of benzene rings is 1. The molecule has 1 heterocycles. The summed E-state index contributed by atoms with van der Waals surface area (Å²) >= 11 is 6.86. The van der Waals surface area contributed by atoms with Crippen LogP contribution in [-0.2, 0) is 16.8 Å². The van der Waals surface area contributed by atoms with Gasteiger partial charge in [-0.2, -0.15) is 0 Å². The van der Waals surface area contributed by atoms with Gasteiger partial charge in [0.05, 0.1) is 7.11 Å². The average molecular weight is 341 g/mol. The van der Waals surface area contributed by atoms with Crippen molar-refractivity contribution in [2.24, 2.45) is 0 Å².